The molecule has 0 radical (unpaired) electrons. The van der Waals surface area contributed by atoms with Gasteiger partial charge in [-0.05, 0) is 44.1 Å². The summed E-state index contributed by atoms with van der Waals surface area (Å²) in [5.74, 6) is -0.914. The monoisotopic (exact) mass is 298 g/mol. The number of aromatic nitrogens is 1. The molecule has 1 aromatic rings. The molecule has 112 valence electrons. The highest BCUT2D eigenvalue weighted by atomic mass is 32.1. The zero-order valence-corrected chi connectivity index (χ0v) is 13.0. The van der Waals surface area contributed by atoms with Crippen molar-refractivity contribution in [2.45, 2.75) is 58.1 Å². The predicted octanol–water partition coefficient (Wildman–Crippen LogP) is 3.30. The number of ether oxygens (including phenoxy) is 1. The second-order valence-corrected chi connectivity index (χ2v) is 6.12. The smallest absolute Gasteiger partial charge is 0.340 e. The Balaban J connectivity index is 2.12. The third kappa shape index (κ3) is 2.96. The van der Waals surface area contributed by atoms with Crippen LogP contribution < -0.4 is 5.32 Å². The highest BCUT2D eigenvalue weighted by molar-refractivity contribution is 7.10. The third-order valence-electron chi connectivity index (χ3n) is 4.19. The quantitative estimate of drug-likeness (QED) is 0.872. The van der Waals surface area contributed by atoms with Gasteiger partial charge in [-0.1, -0.05) is 13.8 Å². The Morgan fingerprint density at radius 3 is 2.85 bits per heavy atom. The van der Waals surface area contributed by atoms with Crippen LogP contribution >= 0.6 is 11.5 Å². The van der Waals surface area contributed by atoms with E-state index >= 15 is 0 Å². The zero-order valence-electron chi connectivity index (χ0n) is 12.2. The van der Waals surface area contributed by atoms with Crippen molar-refractivity contribution in [2.24, 2.45) is 0 Å². The Labute approximate surface area is 123 Å². The first-order valence-corrected chi connectivity index (χ1v) is 7.88. The number of carboxylic acids is 1. The molecule has 6 heteroatoms. The number of anilines is 1. The van der Waals surface area contributed by atoms with Crippen LogP contribution in [0.2, 0.25) is 0 Å². The van der Waals surface area contributed by atoms with E-state index in [4.69, 9.17) is 4.74 Å². The molecule has 1 aliphatic heterocycles. The molecule has 1 fully saturated rings. The largest absolute Gasteiger partial charge is 0.478 e. The van der Waals surface area contributed by atoms with Gasteiger partial charge in [0.2, 0.25) is 0 Å². The lowest BCUT2D eigenvalue weighted by Gasteiger charge is -2.40. The van der Waals surface area contributed by atoms with E-state index in [2.05, 4.69) is 23.5 Å². The van der Waals surface area contributed by atoms with Gasteiger partial charge in [0.15, 0.2) is 0 Å². The number of carbonyl (C=O) groups is 1. The van der Waals surface area contributed by atoms with Crippen molar-refractivity contribution in [2.75, 3.05) is 11.9 Å². The standard InChI is InChI=1S/C14H22N2O3S/c1-4-14(5-2)8-10(6-7-19-14)15-12-11(13(17)18)9(3)16-20-12/h10,15H,4-8H2,1-3H3,(H,17,18). The number of rotatable bonds is 5. The summed E-state index contributed by atoms with van der Waals surface area (Å²) in [6.45, 7) is 6.74. The topological polar surface area (TPSA) is 71.5 Å². The summed E-state index contributed by atoms with van der Waals surface area (Å²) in [6.07, 6.45) is 3.78. The fourth-order valence-corrected chi connectivity index (χ4v) is 3.66. The van der Waals surface area contributed by atoms with Crippen molar-refractivity contribution in [3.8, 4) is 0 Å². The minimum Gasteiger partial charge on any atom is -0.478 e. The van der Waals surface area contributed by atoms with E-state index < -0.39 is 5.97 Å². The van der Waals surface area contributed by atoms with Crippen molar-refractivity contribution >= 4 is 22.5 Å². The van der Waals surface area contributed by atoms with E-state index in [1.165, 1.54) is 11.5 Å². The Bertz CT molecular complexity index is 483. The van der Waals surface area contributed by atoms with Gasteiger partial charge in [-0.25, -0.2) is 4.79 Å². The van der Waals surface area contributed by atoms with Gasteiger partial charge in [-0.2, -0.15) is 4.37 Å². The van der Waals surface area contributed by atoms with Crippen molar-refractivity contribution in [3.63, 3.8) is 0 Å². The Morgan fingerprint density at radius 2 is 2.25 bits per heavy atom. The molecule has 2 heterocycles. The van der Waals surface area contributed by atoms with Gasteiger partial charge in [0.05, 0.1) is 11.3 Å². The Morgan fingerprint density at radius 1 is 1.55 bits per heavy atom. The highest BCUT2D eigenvalue weighted by Crippen LogP contribution is 2.34. The predicted molar refractivity (Wildman–Crippen MR) is 79.7 cm³/mol. The molecule has 0 spiro atoms. The molecule has 0 bridgehead atoms. The fourth-order valence-electron chi connectivity index (χ4n) is 2.80. The fraction of sp³-hybridized carbons (Fsp3) is 0.714. The molecule has 0 aromatic carbocycles. The lowest BCUT2D eigenvalue weighted by molar-refractivity contribution is -0.0864. The van der Waals surface area contributed by atoms with Crippen molar-refractivity contribution in [1.82, 2.24) is 4.37 Å². The lowest BCUT2D eigenvalue weighted by atomic mass is 9.86. The first kappa shape index (κ1) is 15.3. The molecule has 5 nitrogen and oxygen atoms in total. The summed E-state index contributed by atoms with van der Waals surface area (Å²) in [5, 5.41) is 13.3. The number of hydrogen-bond acceptors (Lipinski definition) is 5. The van der Waals surface area contributed by atoms with Crippen LogP contribution in [0.15, 0.2) is 0 Å². The second-order valence-electron chi connectivity index (χ2n) is 5.35. The normalized spacial score (nSPS) is 21.6. The number of nitrogens with one attached hydrogen (secondary N) is 1. The van der Waals surface area contributed by atoms with Gasteiger partial charge < -0.3 is 15.2 Å². The Kier molecular flexibility index (Phi) is 4.65. The van der Waals surface area contributed by atoms with E-state index in [1.807, 2.05) is 0 Å². The third-order valence-corrected chi connectivity index (χ3v) is 5.06. The van der Waals surface area contributed by atoms with Crippen molar-refractivity contribution in [3.05, 3.63) is 11.3 Å². The minimum atomic E-state index is -0.914. The van der Waals surface area contributed by atoms with E-state index in [1.54, 1.807) is 6.92 Å². The average molecular weight is 298 g/mol. The van der Waals surface area contributed by atoms with Crippen LogP contribution in [0.1, 0.15) is 55.6 Å². The van der Waals surface area contributed by atoms with Gasteiger partial charge in [-0.3, -0.25) is 0 Å². The van der Waals surface area contributed by atoms with Gasteiger partial charge >= 0.3 is 5.97 Å². The first-order chi connectivity index (χ1) is 9.51. The van der Waals surface area contributed by atoms with Crippen molar-refractivity contribution in [1.29, 1.82) is 0 Å². The van der Waals surface area contributed by atoms with Gasteiger partial charge in [0, 0.05) is 12.6 Å². The van der Waals surface area contributed by atoms with Crippen LogP contribution in [-0.4, -0.2) is 33.7 Å². The summed E-state index contributed by atoms with van der Waals surface area (Å²) in [6, 6.07) is 0.251. The molecule has 2 N–H and O–H groups in total. The summed E-state index contributed by atoms with van der Waals surface area (Å²) < 4.78 is 10.1. The molecule has 1 atom stereocenters. The van der Waals surface area contributed by atoms with Gasteiger partial charge in [0.1, 0.15) is 10.6 Å². The zero-order chi connectivity index (χ0) is 14.8. The summed E-state index contributed by atoms with van der Waals surface area (Å²) in [4.78, 5) is 11.3. The van der Waals surface area contributed by atoms with Gasteiger partial charge in [-0.15, -0.1) is 0 Å². The van der Waals surface area contributed by atoms with E-state index in [0.29, 0.717) is 16.3 Å². The summed E-state index contributed by atoms with van der Waals surface area (Å²) >= 11 is 1.23. The number of carboxylic acid groups (broad SMARTS) is 1. The maximum atomic E-state index is 11.3. The molecule has 1 aliphatic rings. The van der Waals surface area contributed by atoms with Crippen molar-refractivity contribution < 1.29 is 14.6 Å². The van der Waals surface area contributed by atoms with Crippen LogP contribution in [0.5, 0.6) is 0 Å². The average Bonchev–Trinajstić information content (AvgIpc) is 2.80. The minimum absolute atomic E-state index is 0.0704. The molecule has 0 saturated carbocycles. The second kappa shape index (κ2) is 6.10. The van der Waals surface area contributed by atoms with E-state index in [0.717, 1.165) is 32.3 Å². The molecular formula is C14H22N2O3S. The number of aromatic carboxylic acids is 1. The maximum absolute atomic E-state index is 11.3. The summed E-state index contributed by atoms with van der Waals surface area (Å²) in [7, 11) is 0. The molecular weight excluding hydrogens is 276 g/mol. The molecule has 0 aliphatic carbocycles. The van der Waals surface area contributed by atoms with Crippen LogP contribution in [0.4, 0.5) is 5.00 Å². The molecule has 20 heavy (non-hydrogen) atoms. The number of aryl methyl sites for hydroxylation is 1. The van der Waals surface area contributed by atoms with Crippen LogP contribution in [-0.2, 0) is 4.74 Å². The number of hydrogen-bond donors (Lipinski definition) is 2. The number of nitrogens with zero attached hydrogens (tertiary/aromatic N) is 1. The van der Waals surface area contributed by atoms with Crippen LogP contribution in [0.25, 0.3) is 0 Å². The maximum Gasteiger partial charge on any atom is 0.340 e. The first-order valence-electron chi connectivity index (χ1n) is 7.11. The lowest BCUT2D eigenvalue weighted by Crippen LogP contribution is -2.43. The Hall–Kier alpha value is -1.14. The van der Waals surface area contributed by atoms with Crippen LogP contribution in [0.3, 0.4) is 0 Å². The van der Waals surface area contributed by atoms with E-state index in [9.17, 15) is 9.90 Å². The molecule has 1 unspecified atom stereocenters. The highest BCUT2D eigenvalue weighted by Gasteiger charge is 2.35. The molecule has 1 aromatic heterocycles. The SMILES string of the molecule is CCC1(CC)CC(Nc2snc(C)c2C(=O)O)CCO1. The summed E-state index contributed by atoms with van der Waals surface area (Å²) in [5.41, 5.74) is 0.813. The molecule has 2 rings (SSSR count). The van der Waals surface area contributed by atoms with Crippen LogP contribution in [0, 0.1) is 6.92 Å². The molecule has 0 amide bonds. The molecule has 1 saturated heterocycles. The van der Waals surface area contributed by atoms with Gasteiger partial charge in [0.25, 0.3) is 0 Å². The van der Waals surface area contributed by atoms with E-state index in [-0.39, 0.29) is 11.6 Å².